The lowest BCUT2D eigenvalue weighted by molar-refractivity contribution is -0.133. The summed E-state index contributed by atoms with van der Waals surface area (Å²) in [5.74, 6) is 0.102. The molecule has 0 unspecified atom stereocenters. The normalized spacial score (nSPS) is 19.4. The zero-order valence-corrected chi connectivity index (χ0v) is 9.74. The number of nitrogens with zero attached hydrogens (tertiary/aromatic N) is 2. The maximum atomic E-state index is 12.1. The molecule has 1 N–H and O–H groups in total. The van der Waals surface area contributed by atoms with Gasteiger partial charge in [0.15, 0.2) is 0 Å². The van der Waals surface area contributed by atoms with Crippen molar-refractivity contribution in [3.05, 3.63) is 0 Å². The van der Waals surface area contributed by atoms with E-state index in [0.29, 0.717) is 26.1 Å². The van der Waals surface area contributed by atoms with Crippen LogP contribution in [0, 0.1) is 11.3 Å². The fourth-order valence-corrected chi connectivity index (χ4v) is 1.83. The van der Waals surface area contributed by atoms with Crippen LogP contribution in [0.25, 0.3) is 0 Å². The first kappa shape index (κ1) is 12.9. The van der Waals surface area contributed by atoms with Gasteiger partial charge in [-0.05, 0) is 19.4 Å². The number of nitriles is 1. The summed E-state index contributed by atoms with van der Waals surface area (Å²) in [4.78, 5) is 13.8. The van der Waals surface area contributed by atoms with Crippen LogP contribution in [-0.4, -0.2) is 50.2 Å². The zero-order valence-electron chi connectivity index (χ0n) is 9.74. The lowest BCUT2D eigenvalue weighted by atomic mass is 10.2. The summed E-state index contributed by atoms with van der Waals surface area (Å²) >= 11 is 0. The SMILES string of the molecule is COCCN(CCC#N)C(=O)[C@H]1CCCN1. The van der Waals surface area contributed by atoms with Crippen molar-refractivity contribution >= 4 is 5.91 Å². The van der Waals surface area contributed by atoms with Gasteiger partial charge in [0.05, 0.1) is 25.1 Å². The fraction of sp³-hybridized carbons (Fsp3) is 0.818. The number of carbonyl (C=O) groups excluding carboxylic acids is 1. The van der Waals surface area contributed by atoms with Crippen LogP contribution in [-0.2, 0) is 9.53 Å². The Bertz CT molecular complexity index is 256. The first-order valence-corrected chi connectivity index (χ1v) is 5.67. The van der Waals surface area contributed by atoms with Gasteiger partial charge in [-0.15, -0.1) is 0 Å². The predicted molar refractivity (Wildman–Crippen MR) is 59.7 cm³/mol. The molecule has 0 saturated carbocycles. The molecule has 1 aliphatic heterocycles. The number of nitrogens with one attached hydrogen (secondary N) is 1. The van der Waals surface area contributed by atoms with E-state index >= 15 is 0 Å². The van der Waals surface area contributed by atoms with E-state index in [2.05, 4.69) is 11.4 Å². The minimum absolute atomic E-state index is 0.0597. The molecule has 0 aromatic carbocycles. The Morgan fingerprint density at radius 1 is 1.62 bits per heavy atom. The van der Waals surface area contributed by atoms with E-state index in [0.717, 1.165) is 19.4 Å². The average Bonchev–Trinajstić information content (AvgIpc) is 2.82. The standard InChI is InChI=1S/C11H19N3O2/c1-16-9-8-14(7-3-5-12)11(15)10-4-2-6-13-10/h10,13H,2-4,6-9H2,1H3/t10-/m1/s1. The topological polar surface area (TPSA) is 65.4 Å². The highest BCUT2D eigenvalue weighted by Crippen LogP contribution is 2.08. The van der Waals surface area contributed by atoms with Gasteiger partial charge < -0.3 is 15.0 Å². The van der Waals surface area contributed by atoms with Crippen LogP contribution in [0.2, 0.25) is 0 Å². The number of carbonyl (C=O) groups is 1. The molecule has 1 rings (SSSR count). The third-order valence-electron chi connectivity index (χ3n) is 2.73. The van der Waals surface area contributed by atoms with E-state index < -0.39 is 0 Å². The van der Waals surface area contributed by atoms with E-state index in [4.69, 9.17) is 10.00 Å². The van der Waals surface area contributed by atoms with E-state index in [-0.39, 0.29) is 11.9 Å². The van der Waals surface area contributed by atoms with Gasteiger partial charge in [0.25, 0.3) is 0 Å². The molecular formula is C11H19N3O2. The molecule has 90 valence electrons. The van der Waals surface area contributed by atoms with E-state index in [1.807, 2.05) is 0 Å². The molecule has 16 heavy (non-hydrogen) atoms. The monoisotopic (exact) mass is 225 g/mol. The van der Waals surface area contributed by atoms with Crippen molar-refractivity contribution in [3.63, 3.8) is 0 Å². The molecule has 5 heteroatoms. The van der Waals surface area contributed by atoms with Gasteiger partial charge in [-0.25, -0.2) is 0 Å². The average molecular weight is 225 g/mol. The number of hydrogen-bond acceptors (Lipinski definition) is 4. The smallest absolute Gasteiger partial charge is 0.239 e. The number of amides is 1. The summed E-state index contributed by atoms with van der Waals surface area (Å²) in [6.45, 7) is 2.49. The highest BCUT2D eigenvalue weighted by Gasteiger charge is 2.26. The third kappa shape index (κ3) is 3.80. The lowest BCUT2D eigenvalue weighted by Gasteiger charge is -2.24. The second-order valence-corrected chi connectivity index (χ2v) is 3.88. The van der Waals surface area contributed by atoms with Crippen molar-refractivity contribution in [2.24, 2.45) is 0 Å². The summed E-state index contributed by atoms with van der Waals surface area (Å²) in [6.07, 6.45) is 2.32. The molecule has 1 fully saturated rings. The van der Waals surface area contributed by atoms with E-state index in [1.54, 1.807) is 12.0 Å². The minimum atomic E-state index is -0.0597. The Morgan fingerprint density at radius 3 is 3.00 bits per heavy atom. The minimum Gasteiger partial charge on any atom is -0.383 e. The molecule has 1 saturated heterocycles. The van der Waals surface area contributed by atoms with E-state index in [1.165, 1.54) is 0 Å². The van der Waals surface area contributed by atoms with Gasteiger partial charge >= 0.3 is 0 Å². The molecule has 0 radical (unpaired) electrons. The maximum absolute atomic E-state index is 12.1. The van der Waals surface area contributed by atoms with Gasteiger partial charge in [0.1, 0.15) is 0 Å². The summed E-state index contributed by atoms with van der Waals surface area (Å²) in [5, 5.41) is 11.7. The number of ether oxygens (including phenoxy) is 1. The Hall–Kier alpha value is -1.12. The molecule has 1 amide bonds. The summed E-state index contributed by atoms with van der Waals surface area (Å²) in [5.41, 5.74) is 0. The van der Waals surface area contributed by atoms with Crippen molar-refractivity contribution in [2.75, 3.05) is 33.4 Å². The van der Waals surface area contributed by atoms with Crippen LogP contribution in [0.15, 0.2) is 0 Å². The fourth-order valence-electron chi connectivity index (χ4n) is 1.83. The van der Waals surface area contributed by atoms with Gasteiger partial charge in [0, 0.05) is 20.2 Å². The molecule has 0 aromatic rings. The van der Waals surface area contributed by atoms with E-state index in [9.17, 15) is 4.79 Å². The largest absolute Gasteiger partial charge is 0.383 e. The molecule has 1 heterocycles. The highest BCUT2D eigenvalue weighted by atomic mass is 16.5. The van der Waals surface area contributed by atoms with Crippen LogP contribution >= 0.6 is 0 Å². The Kier molecular flexibility index (Phi) is 5.83. The molecule has 0 aromatic heterocycles. The van der Waals surface area contributed by atoms with Crippen molar-refractivity contribution in [2.45, 2.75) is 25.3 Å². The number of hydrogen-bond donors (Lipinski definition) is 1. The zero-order chi connectivity index (χ0) is 11.8. The quantitative estimate of drug-likeness (QED) is 0.697. The first-order chi connectivity index (χ1) is 7.79. The predicted octanol–water partition coefficient (Wildman–Crippen LogP) is 0.127. The molecule has 0 bridgehead atoms. The van der Waals surface area contributed by atoms with Gasteiger partial charge in [-0.1, -0.05) is 0 Å². The third-order valence-corrected chi connectivity index (χ3v) is 2.73. The lowest BCUT2D eigenvalue weighted by Crippen LogP contribution is -2.45. The van der Waals surface area contributed by atoms with Crippen LogP contribution in [0.5, 0.6) is 0 Å². The summed E-state index contributed by atoms with van der Waals surface area (Å²) < 4.78 is 4.97. The number of methoxy groups -OCH3 is 1. The number of rotatable bonds is 6. The van der Waals surface area contributed by atoms with Crippen molar-refractivity contribution in [3.8, 4) is 6.07 Å². The second-order valence-electron chi connectivity index (χ2n) is 3.88. The first-order valence-electron chi connectivity index (χ1n) is 5.67. The molecule has 0 spiro atoms. The molecule has 0 aliphatic carbocycles. The van der Waals surface area contributed by atoms with Gasteiger partial charge in [-0.3, -0.25) is 4.79 Å². The van der Waals surface area contributed by atoms with Crippen LogP contribution in [0.1, 0.15) is 19.3 Å². The summed E-state index contributed by atoms with van der Waals surface area (Å²) in [6, 6.07) is 2.01. The maximum Gasteiger partial charge on any atom is 0.239 e. The van der Waals surface area contributed by atoms with Crippen LogP contribution in [0.4, 0.5) is 0 Å². The Labute approximate surface area is 96.4 Å². The van der Waals surface area contributed by atoms with Crippen LogP contribution < -0.4 is 5.32 Å². The van der Waals surface area contributed by atoms with Gasteiger partial charge in [-0.2, -0.15) is 5.26 Å². The van der Waals surface area contributed by atoms with Crippen molar-refractivity contribution < 1.29 is 9.53 Å². The Balaban J connectivity index is 2.45. The van der Waals surface area contributed by atoms with Crippen molar-refractivity contribution in [1.29, 1.82) is 5.26 Å². The van der Waals surface area contributed by atoms with Crippen molar-refractivity contribution in [1.82, 2.24) is 10.2 Å². The molecular weight excluding hydrogens is 206 g/mol. The highest BCUT2D eigenvalue weighted by molar-refractivity contribution is 5.82. The second kappa shape index (κ2) is 7.20. The summed E-state index contributed by atoms with van der Waals surface area (Å²) in [7, 11) is 1.61. The van der Waals surface area contributed by atoms with Gasteiger partial charge in [0.2, 0.25) is 5.91 Å². The van der Waals surface area contributed by atoms with Crippen LogP contribution in [0.3, 0.4) is 0 Å². The molecule has 5 nitrogen and oxygen atoms in total. The Morgan fingerprint density at radius 2 is 2.44 bits per heavy atom. The molecule has 1 aliphatic rings. The molecule has 1 atom stereocenters.